The lowest BCUT2D eigenvalue weighted by atomic mass is 9.90. The van der Waals surface area contributed by atoms with Crippen molar-refractivity contribution < 1.29 is 32.2 Å². The van der Waals surface area contributed by atoms with E-state index in [4.69, 9.17) is 9.47 Å². The third-order valence-corrected chi connectivity index (χ3v) is 3.38. The number of carbonyl (C=O) groups is 2. The molecule has 0 bridgehead atoms. The average molecular weight is 351 g/mol. The van der Waals surface area contributed by atoms with Crippen molar-refractivity contribution in [3.63, 3.8) is 0 Å². The molecule has 5 nitrogen and oxygen atoms in total. The normalized spacial score (nSPS) is 18.5. The molecule has 0 N–H and O–H groups in total. The van der Waals surface area contributed by atoms with E-state index in [1.54, 1.807) is 20.8 Å². The number of allylic oxidation sites excluding steroid dienone is 1. The van der Waals surface area contributed by atoms with Crippen molar-refractivity contribution in [3.8, 4) is 0 Å². The van der Waals surface area contributed by atoms with Gasteiger partial charge in [-0.1, -0.05) is 6.08 Å². The Labute approximate surface area is 139 Å². The Kier molecular flexibility index (Phi) is 6.30. The summed E-state index contributed by atoms with van der Waals surface area (Å²) >= 11 is 0. The first-order valence-electron chi connectivity index (χ1n) is 7.74. The van der Waals surface area contributed by atoms with Gasteiger partial charge in [-0.2, -0.15) is 13.2 Å². The fraction of sp³-hybridized carbons (Fsp3) is 0.750. The summed E-state index contributed by atoms with van der Waals surface area (Å²) in [7, 11) is 0. The van der Waals surface area contributed by atoms with E-state index in [1.165, 1.54) is 17.9 Å². The van der Waals surface area contributed by atoms with Gasteiger partial charge in [-0.3, -0.25) is 4.79 Å². The van der Waals surface area contributed by atoms with Gasteiger partial charge in [-0.25, -0.2) is 4.79 Å². The highest BCUT2D eigenvalue weighted by Crippen LogP contribution is 2.30. The summed E-state index contributed by atoms with van der Waals surface area (Å²) in [4.78, 5) is 24.8. The predicted molar refractivity (Wildman–Crippen MR) is 81.4 cm³/mol. The molecule has 1 fully saturated rings. The molecular formula is C16H24F3NO4. The van der Waals surface area contributed by atoms with Crippen LogP contribution < -0.4 is 0 Å². The van der Waals surface area contributed by atoms with Crippen LogP contribution in [-0.4, -0.2) is 47.4 Å². The first-order valence-corrected chi connectivity index (χ1v) is 7.74. The Morgan fingerprint density at radius 2 is 1.71 bits per heavy atom. The van der Waals surface area contributed by atoms with Crippen molar-refractivity contribution >= 4 is 12.1 Å². The lowest BCUT2D eigenvalue weighted by Gasteiger charge is -2.39. The van der Waals surface area contributed by atoms with E-state index in [-0.39, 0.29) is 25.9 Å². The van der Waals surface area contributed by atoms with Gasteiger partial charge in [-0.05, 0) is 26.8 Å². The van der Waals surface area contributed by atoms with E-state index < -0.39 is 35.9 Å². The van der Waals surface area contributed by atoms with Crippen molar-refractivity contribution in [2.45, 2.75) is 64.3 Å². The molecule has 1 rings (SSSR count). The van der Waals surface area contributed by atoms with Gasteiger partial charge < -0.3 is 14.4 Å². The molecule has 0 aliphatic carbocycles. The number of rotatable bonds is 3. The lowest BCUT2D eigenvalue weighted by Crippen LogP contribution is -2.49. The summed E-state index contributed by atoms with van der Waals surface area (Å²) in [5, 5.41) is 0. The van der Waals surface area contributed by atoms with Crippen molar-refractivity contribution in [2.24, 2.45) is 0 Å². The Morgan fingerprint density at radius 1 is 1.17 bits per heavy atom. The number of esters is 1. The zero-order chi connectivity index (χ0) is 18.6. The van der Waals surface area contributed by atoms with Gasteiger partial charge >= 0.3 is 18.2 Å². The van der Waals surface area contributed by atoms with E-state index in [0.29, 0.717) is 0 Å². The molecule has 0 aromatic carbocycles. The Morgan fingerprint density at radius 3 is 2.12 bits per heavy atom. The zero-order valence-electron chi connectivity index (χ0n) is 14.4. The molecule has 0 atom stereocenters. The molecule has 0 radical (unpaired) electrons. The van der Waals surface area contributed by atoms with Crippen LogP contribution in [0.1, 0.15) is 47.0 Å². The number of piperidine rings is 1. The highest BCUT2D eigenvalue weighted by molar-refractivity contribution is 5.69. The van der Waals surface area contributed by atoms with Crippen LogP contribution in [0.4, 0.5) is 18.0 Å². The van der Waals surface area contributed by atoms with E-state index in [0.717, 1.165) is 6.08 Å². The Bertz CT molecular complexity index is 487. The van der Waals surface area contributed by atoms with Crippen LogP contribution in [0.5, 0.6) is 0 Å². The maximum absolute atomic E-state index is 12.3. The molecule has 1 aliphatic heterocycles. The van der Waals surface area contributed by atoms with Crippen molar-refractivity contribution in [3.05, 3.63) is 12.2 Å². The third kappa shape index (κ3) is 7.23. The summed E-state index contributed by atoms with van der Waals surface area (Å²) in [5.74, 6) is -0.572. The minimum Gasteiger partial charge on any atom is -0.455 e. The van der Waals surface area contributed by atoms with Crippen LogP contribution in [0, 0.1) is 0 Å². The molecule has 0 unspecified atom stereocenters. The highest BCUT2D eigenvalue weighted by atomic mass is 19.4. The van der Waals surface area contributed by atoms with Crippen LogP contribution >= 0.6 is 0 Å². The smallest absolute Gasteiger partial charge is 0.410 e. The van der Waals surface area contributed by atoms with Gasteiger partial charge in [0.1, 0.15) is 11.2 Å². The summed E-state index contributed by atoms with van der Waals surface area (Å²) < 4.78 is 47.4. The quantitative estimate of drug-likeness (QED) is 0.573. The Balaban J connectivity index is 2.74. The number of alkyl halides is 3. The second-order valence-electron chi connectivity index (χ2n) is 6.85. The van der Waals surface area contributed by atoms with Crippen LogP contribution in [0.3, 0.4) is 0 Å². The largest absolute Gasteiger partial charge is 0.455 e. The Hall–Kier alpha value is -1.73. The molecule has 1 amide bonds. The van der Waals surface area contributed by atoms with Gasteiger partial charge in [0.05, 0.1) is 6.42 Å². The van der Waals surface area contributed by atoms with Crippen molar-refractivity contribution in [2.75, 3.05) is 13.1 Å². The average Bonchev–Trinajstić information content (AvgIpc) is 2.34. The van der Waals surface area contributed by atoms with Gasteiger partial charge in [0.2, 0.25) is 0 Å². The number of ether oxygens (including phenoxy) is 2. The summed E-state index contributed by atoms with van der Waals surface area (Å²) in [6.45, 7) is 6.92. The van der Waals surface area contributed by atoms with Crippen LogP contribution in [0.25, 0.3) is 0 Å². The fourth-order valence-corrected chi connectivity index (χ4v) is 2.39. The number of nitrogens with zero attached hydrogens (tertiary/aromatic N) is 1. The first kappa shape index (κ1) is 20.3. The van der Waals surface area contributed by atoms with Crippen molar-refractivity contribution in [1.82, 2.24) is 4.90 Å². The molecule has 1 aliphatic rings. The molecule has 8 heteroatoms. The molecule has 0 saturated carbocycles. The predicted octanol–water partition coefficient (Wildman–Crippen LogP) is 3.83. The molecule has 0 aromatic heterocycles. The van der Waals surface area contributed by atoms with Gasteiger partial charge in [-0.15, -0.1) is 0 Å². The second kappa shape index (κ2) is 7.44. The third-order valence-electron chi connectivity index (χ3n) is 3.38. The summed E-state index contributed by atoms with van der Waals surface area (Å²) in [5.41, 5.74) is -1.75. The van der Waals surface area contributed by atoms with Crippen LogP contribution in [-0.2, 0) is 14.3 Å². The summed E-state index contributed by atoms with van der Waals surface area (Å²) in [6.07, 6.45) is -3.20. The first-order chi connectivity index (χ1) is 10.8. The van der Waals surface area contributed by atoms with Gasteiger partial charge in [0, 0.05) is 32.9 Å². The monoisotopic (exact) mass is 351 g/mol. The molecule has 24 heavy (non-hydrogen) atoms. The number of amides is 1. The van der Waals surface area contributed by atoms with Gasteiger partial charge in [0.15, 0.2) is 0 Å². The second-order valence-corrected chi connectivity index (χ2v) is 6.85. The fourth-order valence-electron chi connectivity index (χ4n) is 2.39. The van der Waals surface area contributed by atoms with E-state index in [9.17, 15) is 22.8 Å². The van der Waals surface area contributed by atoms with Gasteiger partial charge in [0.25, 0.3) is 0 Å². The molecule has 138 valence electrons. The number of hydrogen-bond donors (Lipinski definition) is 0. The van der Waals surface area contributed by atoms with E-state index in [2.05, 4.69) is 0 Å². The molecule has 0 spiro atoms. The zero-order valence-corrected chi connectivity index (χ0v) is 14.4. The standard InChI is InChI=1S/C16H24F3NO4/c1-12(21)23-15(6-5-7-16(17,18)19)8-10-20(11-9-15)13(22)24-14(2,3)4/h5-6H,7-11H2,1-4H3/b6-5+. The molecule has 1 heterocycles. The van der Waals surface area contributed by atoms with Crippen molar-refractivity contribution in [1.29, 1.82) is 0 Å². The topological polar surface area (TPSA) is 55.8 Å². The minimum atomic E-state index is -4.31. The maximum Gasteiger partial charge on any atom is 0.410 e. The molecule has 0 aromatic rings. The highest BCUT2D eigenvalue weighted by Gasteiger charge is 2.38. The minimum absolute atomic E-state index is 0.222. The number of hydrogen-bond acceptors (Lipinski definition) is 4. The summed E-state index contributed by atoms with van der Waals surface area (Å²) in [6, 6.07) is 0. The number of carbonyl (C=O) groups excluding carboxylic acids is 2. The number of halogens is 3. The van der Waals surface area contributed by atoms with Crippen LogP contribution in [0.2, 0.25) is 0 Å². The molecular weight excluding hydrogens is 327 g/mol. The SMILES string of the molecule is CC(=O)OC1(/C=C/CC(F)(F)F)CCN(C(=O)OC(C)(C)C)CC1. The van der Waals surface area contributed by atoms with E-state index >= 15 is 0 Å². The molecule has 1 saturated heterocycles. The number of likely N-dealkylation sites (tertiary alicyclic amines) is 1. The van der Waals surface area contributed by atoms with E-state index in [1.807, 2.05) is 0 Å². The van der Waals surface area contributed by atoms with Crippen LogP contribution in [0.15, 0.2) is 12.2 Å². The lowest BCUT2D eigenvalue weighted by molar-refractivity contribution is -0.155. The maximum atomic E-state index is 12.3.